The third-order valence-corrected chi connectivity index (χ3v) is 10.8. The van der Waals surface area contributed by atoms with Crippen LogP contribution in [0.2, 0.25) is 0 Å². The molecule has 1 fully saturated rings. The summed E-state index contributed by atoms with van der Waals surface area (Å²) in [6, 6.07) is 7.32. The number of methoxy groups -OCH3 is 2. The van der Waals surface area contributed by atoms with Crippen molar-refractivity contribution in [2.75, 3.05) is 48.5 Å². The number of ether oxygens (including phenoxy) is 2. The Bertz CT molecular complexity index is 1250. The lowest BCUT2D eigenvalue weighted by Crippen LogP contribution is -2.59. The maximum absolute atomic E-state index is 14.2. The number of nitrogens with zero attached hydrogens (tertiary/aromatic N) is 3. The van der Waals surface area contributed by atoms with E-state index in [0.29, 0.717) is 19.4 Å². The van der Waals surface area contributed by atoms with Crippen molar-refractivity contribution in [2.45, 2.75) is 123 Å². The standard InChI is InChI=1S/C40H69N5O7/c1-13-27(6)36(44(10)40(50)34(25(2)3)42-39(49)35(26(4)5)43(8)9)32(51-11)23-33(47)45-21-17-20-31(45)37(52-12)28(7)38(48)41-30(24-46)22-29-18-15-14-16-19-29/h14-16,18-19,25-28,30-32,34-37,46H,13,17,20-24H2,1-12H3,(H,41,48)(H,42,49). The SMILES string of the molecule is CCC(C)C(C(CC(=O)N1CCCC1C(OC)C(C)C(=O)NC(CO)Cc1ccccc1)OC)N(C)C(=O)C(NC(=O)C(C(C)C)N(C)C)C(C)C. The first-order valence-electron chi connectivity index (χ1n) is 19.1. The summed E-state index contributed by atoms with van der Waals surface area (Å²) in [7, 11) is 8.58. The molecule has 9 unspecified atom stereocenters. The van der Waals surface area contributed by atoms with E-state index in [1.54, 1.807) is 38.0 Å². The molecule has 1 saturated heterocycles. The highest BCUT2D eigenvalue weighted by Gasteiger charge is 2.43. The molecule has 0 saturated carbocycles. The summed E-state index contributed by atoms with van der Waals surface area (Å²) in [6.45, 7) is 14.0. The van der Waals surface area contributed by atoms with Gasteiger partial charge in [-0.2, -0.15) is 0 Å². The molecular weight excluding hydrogens is 662 g/mol. The van der Waals surface area contributed by atoms with E-state index in [9.17, 15) is 24.3 Å². The number of aliphatic hydroxyl groups excluding tert-OH is 1. The van der Waals surface area contributed by atoms with Crippen LogP contribution in [0, 0.1) is 23.7 Å². The Balaban J connectivity index is 2.25. The minimum absolute atomic E-state index is 0.0134. The molecule has 0 bridgehead atoms. The molecule has 1 heterocycles. The van der Waals surface area contributed by atoms with Crippen molar-refractivity contribution in [3.8, 4) is 0 Å². The number of amides is 4. The number of benzene rings is 1. The Morgan fingerprint density at radius 3 is 2.06 bits per heavy atom. The number of hydrogen-bond acceptors (Lipinski definition) is 8. The molecule has 9 atom stereocenters. The van der Waals surface area contributed by atoms with E-state index in [4.69, 9.17) is 9.47 Å². The van der Waals surface area contributed by atoms with Gasteiger partial charge in [0.05, 0.1) is 55.3 Å². The number of aliphatic hydroxyl groups is 1. The Morgan fingerprint density at radius 2 is 1.56 bits per heavy atom. The van der Waals surface area contributed by atoms with E-state index < -0.39 is 42.3 Å². The van der Waals surface area contributed by atoms with Gasteiger partial charge in [-0.1, -0.05) is 85.2 Å². The molecule has 1 aliphatic rings. The summed E-state index contributed by atoms with van der Waals surface area (Å²) in [6.07, 6.45) is 1.54. The van der Waals surface area contributed by atoms with Crippen LogP contribution in [0.25, 0.3) is 0 Å². The Labute approximate surface area is 313 Å². The molecule has 2 rings (SSSR count). The highest BCUT2D eigenvalue weighted by molar-refractivity contribution is 5.90. The second kappa shape index (κ2) is 21.6. The normalized spacial score (nSPS) is 19.5. The van der Waals surface area contributed by atoms with Crippen LogP contribution >= 0.6 is 0 Å². The van der Waals surface area contributed by atoms with Crippen molar-refractivity contribution < 1.29 is 33.8 Å². The fraction of sp³-hybridized carbons (Fsp3) is 0.750. The van der Waals surface area contributed by atoms with E-state index >= 15 is 0 Å². The van der Waals surface area contributed by atoms with Gasteiger partial charge in [0.25, 0.3) is 0 Å². The van der Waals surface area contributed by atoms with Crippen molar-refractivity contribution in [1.29, 1.82) is 0 Å². The van der Waals surface area contributed by atoms with Crippen LogP contribution in [0.4, 0.5) is 0 Å². The van der Waals surface area contributed by atoms with Gasteiger partial charge in [0.2, 0.25) is 23.6 Å². The second-order valence-corrected chi connectivity index (χ2v) is 15.5. The van der Waals surface area contributed by atoms with Gasteiger partial charge in [0.1, 0.15) is 6.04 Å². The summed E-state index contributed by atoms with van der Waals surface area (Å²) in [5, 5.41) is 16.0. The average Bonchev–Trinajstić information content (AvgIpc) is 3.59. The van der Waals surface area contributed by atoms with E-state index in [2.05, 4.69) is 10.6 Å². The first-order valence-corrected chi connectivity index (χ1v) is 19.1. The molecule has 0 aromatic heterocycles. The third-order valence-electron chi connectivity index (χ3n) is 10.8. The number of nitrogens with one attached hydrogen (secondary N) is 2. The molecule has 296 valence electrons. The van der Waals surface area contributed by atoms with Gasteiger partial charge >= 0.3 is 0 Å². The van der Waals surface area contributed by atoms with E-state index in [1.807, 2.05) is 90.9 Å². The fourth-order valence-electron chi connectivity index (χ4n) is 7.80. The summed E-state index contributed by atoms with van der Waals surface area (Å²) in [5.74, 6) is -1.52. The lowest BCUT2D eigenvalue weighted by Gasteiger charge is -2.41. The first kappa shape index (κ1) is 45.1. The van der Waals surface area contributed by atoms with E-state index in [0.717, 1.165) is 18.4 Å². The van der Waals surface area contributed by atoms with Gasteiger partial charge in [-0.05, 0) is 56.7 Å². The average molecular weight is 732 g/mol. The van der Waals surface area contributed by atoms with Crippen LogP contribution in [-0.4, -0.2) is 134 Å². The van der Waals surface area contributed by atoms with Crippen LogP contribution in [0.5, 0.6) is 0 Å². The lowest BCUT2D eigenvalue weighted by molar-refractivity contribution is -0.148. The molecule has 52 heavy (non-hydrogen) atoms. The van der Waals surface area contributed by atoms with Crippen LogP contribution in [0.15, 0.2) is 30.3 Å². The first-order chi connectivity index (χ1) is 24.5. The molecule has 0 aliphatic carbocycles. The van der Waals surface area contributed by atoms with Crippen molar-refractivity contribution in [2.24, 2.45) is 23.7 Å². The highest BCUT2D eigenvalue weighted by Crippen LogP contribution is 2.30. The topological polar surface area (TPSA) is 141 Å². The number of carbonyl (C=O) groups is 4. The molecular formula is C40H69N5O7. The molecule has 1 aromatic rings. The molecule has 1 aliphatic heterocycles. The van der Waals surface area contributed by atoms with Crippen molar-refractivity contribution in [3.63, 3.8) is 0 Å². The van der Waals surface area contributed by atoms with Gasteiger partial charge in [-0.15, -0.1) is 0 Å². The number of carbonyl (C=O) groups excluding carboxylic acids is 4. The molecule has 0 radical (unpaired) electrons. The Kier molecular flexibility index (Phi) is 18.7. The van der Waals surface area contributed by atoms with Crippen LogP contribution in [0.3, 0.4) is 0 Å². The van der Waals surface area contributed by atoms with Crippen LogP contribution < -0.4 is 10.6 Å². The summed E-state index contributed by atoms with van der Waals surface area (Å²) >= 11 is 0. The van der Waals surface area contributed by atoms with Crippen LogP contribution in [0.1, 0.15) is 79.7 Å². The number of rotatable bonds is 21. The summed E-state index contributed by atoms with van der Waals surface area (Å²) in [4.78, 5) is 60.6. The molecule has 12 heteroatoms. The van der Waals surface area contributed by atoms with Gasteiger partial charge < -0.3 is 35.0 Å². The quantitative estimate of drug-likeness (QED) is 0.175. The maximum atomic E-state index is 14.2. The second-order valence-electron chi connectivity index (χ2n) is 15.5. The lowest BCUT2D eigenvalue weighted by atomic mass is 9.89. The van der Waals surface area contributed by atoms with Crippen molar-refractivity contribution in [1.82, 2.24) is 25.3 Å². The van der Waals surface area contributed by atoms with Crippen LogP contribution in [-0.2, 0) is 35.1 Å². The third kappa shape index (κ3) is 12.0. The maximum Gasteiger partial charge on any atom is 0.245 e. The zero-order valence-corrected chi connectivity index (χ0v) is 33.9. The number of likely N-dealkylation sites (tertiary alicyclic amines) is 1. The zero-order chi connectivity index (χ0) is 39.3. The summed E-state index contributed by atoms with van der Waals surface area (Å²) in [5.41, 5.74) is 1.01. The summed E-state index contributed by atoms with van der Waals surface area (Å²) < 4.78 is 11.9. The zero-order valence-electron chi connectivity index (χ0n) is 33.9. The minimum Gasteiger partial charge on any atom is -0.394 e. The predicted molar refractivity (Wildman–Crippen MR) is 204 cm³/mol. The molecule has 4 amide bonds. The minimum atomic E-state index is -0.755. The molecule has 1 aromatic carbocycles. The number of likely N-dealkylation sites (N-methyl/N-ethyl adjacent to an activating group) is 2. The van der Waals surface area contributed by atoms with E-state index in [-0.39, 0.29) is 60.5 Å². The molecule has 3 N–H and O–H groups in total. The predicted octanol–water partition coefficient (Wildman–Crippen LogP) is 3.35. The smallest absolute Gasteiger partial charge is 0.245 e. The van der Waals surface area contributed by atoms with Crippen molar-refractivity contribution >= 4 is 23.6 Å². The Morgan fingerprint density at radius 1 is 0.923 bits per heavy atom. The van der Waals surface area contributed by atoms with Gasteiger partial charge in [0.15, 0.2) is 0 Å². The molecule has 0 spiro atoms. The van der Waals surface area contributed by atoms with Gasteiger partial charge in [0, 0.05) is 27.8 Å². The largest absolute Gasteiger partial charge is 0.394 e. The molecule has 12 nitrogen and oxygen atoms in total. The Hall–Kier alpha value is -3.06. The van der Waals surface area contributed by atoms with E-state index in [1.165, 1.54) is 0 Å². The highest BCUT2D eigenvalue weighted by atomic mass is 16.5. The van der Waals surface area contributed by atoms with Crippen molar-refractivity contribution in [3.05, 3.63) is 35.9 Å². The number of hydrogen-bond donors (Lipinski definition) is 3. The van der Waals surface area contributed by atoms with Gasteiger partial charge in [-0.3, -0.25) is 24.1 Å². The fourth-order valence-corrected chi connectivity index (χ4v) is 7.80. The monoisotopic (exact) mass is 732 g/mol. The van der Waals surface area contributed by atoms with Gasteiger partial charge in [-0.25, -0.2) is 0 Å².